The second kappa shape index (κ2) is 4.78. The molecule has 0 aromatic rings. The largest absolute Gasteiger partial charge is 0.355 e. The van der Waals surface area contributed by atoms with E-state index >= 15 is 0 Å². The molecule has 1 aliphatic carbocycles. The van der Waals surface area contributed by atoms with E-state index in [4.69, 9.17) is 6.42 Å². The number of hydrogen-bond donors (Lipinski definition) is 2. The first-order valence-electron chi connectivity index (χ1n) is 4.26. The fourth-order valence-corrected chi connectivity index (χ4v) is 0.925. The van der Waals surface area contributed by atoms with Gasteiger partial charge in [0.1, 0.15) is 0 Å². The Kier molecular flexibility index (Phi) is 3.62. The van der Waals surface area contributed by atoms with Crippen molar-refractivity contribution in [1.29, 1.82) is 0 Å². The Morgan fingerprint density at radius 2 is 2.25 bits per heavy atom. The van der Waals surface area contributed by atoms with Crippen molar-refractivity contribution in [3.8, 4) is 12.3 Å². The average Bonchev–Trinajstić information content (AvgIpc) is 2.86. The molecular formula is C9H14N2O. The second-order valence-corrected chi connectivity index (χ2v) is 2.95. The van der Waals surface area contributed by atoms with Crippen molar-refractivity contribution in [2.45, 2.75) is 12.8 Å². The lowest BCUT2D eigenvalue weighted by molar-refractivity contribution is -0.122. The Morgan fingerprint density at radius 3 is 2.83 bits per heavy atom. The van der Waals surface area contributed by atoms with Gasteiger partial charge in [0.15, 0.2) is 0 Å². The number of hydrogen-bond acceptors (Lipinski definition) is 2. The highest BCUT2D eigenvalue weighted by Crippen LogP contribution is 2.28. The molecule has 1 saturated carbocycles. The summed E-state index contributed by atoms with van der Waals surface area (Å²) in [4.78, 5) is 11.1. The summed E-state index contributed by atoms with van der Waals surface area (Å²) < 4.78 is 0. The number of amides is 1. The Morgan fingerprint density at radius 1 is 1.50 bits per heavy atom. The molecule has 0 aromatic carbocycles. The summed E-state index contributed by atoms with van der Waals surface area (Å²) in [6, 6.07) is 0. The van der Waals surface area contributed by atoms with Gasteiger partial charge >= 0.3 is 0 Å². The molecule has 1 amide bonds. The van der Waals surface area contributed by atoms with Crippen molar-refractivity contribution >= 4 is 5.91 Å². The maximum absolute atomic E-state index is 11.1. The molecule has 3 heteroatoms. The van der Waals surface area contributed by atoms with Crippen LogP contribution in [0.4, 0.5) is 0 Å². The van der Waals surface area contributed by atoms with Crippen molar-refractivity contribution in [2.75, 3.05) is 19.6 Å². The molecule has 1 aliphatic rings. The number of carbonyl (C=O) groups excluding carboxylic acids is 1. The number of nitrogens with one attached hydrogen (secondary N) is 2. The fourth-order valence-electron chi connectivity index (χ4n) is 0.925. The molecule has 0 saturated heterocycles. The van der Waals surface area contributed by atoms with Crippen LogP contribution in [0.3, 0.4) is 0 Å². The van der Waals surface area contributed by atoms with E-state index < -0.39 is 0 Å². The first-order chi connectivity index (χ1) is 5.84. The van der Waals surface area contributed by atoms with E-state index in [0.29, 0.717) is 19.0 Å². The molecule has 0 aromatic heterocycles. The topological polar surface area (TPSA) is 41.1 Å². The highest BCUT2D eigenvalue weighted by atomic mass is 16.2. The minimum Gasteiger partial charge on any atom is -0.355 e. The molecule has 0 radical (unpaired) electrons. The molecule has 0 bridgehead atoms. The molecule has 0 heterocycles. The first-order valence-corrected chi connectivity index (χ1v) is 4.26. The van der Waals surface area contributed by atoms with Gasteiger partial charge in [0, 0.05) is 19.0 Å². The van der Waals surface area contributed by atoms with E-state index in [1.807, 2.05) is 0 Å². The van der Waals surface area contributed by atoms with Gasteiger partial charge in [0.2, 0.25) is 5.91 Å². The Bertz CT molecular complexity index is 191. The molecular weight excluding hydrogens is 152 g/mol. The van der Waals surface area contributed by atoms with Gasteiger partial charge < -0.3 is 10.6 Å². The zero-order valence-corrected chi connectivity index (χ0v) is 7.10. The third kappa shape index (κ3) is 3.40. The van der Waals surface area contributed by atoms with Gasteiger partial charge in [-0.25, -0.2) is 0 Å². The highest BCUT2D eigenvalue weighted by Gasteiger charge is 2.28. The highest BCUT2D eigenvalue weighted by molar-refractivity contribution is 5.80. The van der Waals surface area contributed by atoms with Crippen LogP contribution in [0.1, 0.15) is 12.8 Å². The molecule has 2 N–H and O–H groups in total. The molecule has 0 atom stereocenters. The molecule has 1 rings (SSSR count). The third-order valence-corrected chi connectivity index (χ3v) is 1.78. The summed E-state index contributed by atoms with van der Waals surface area (Å²) >= 11 is 0. The van der Waals surface area contributed by atoms with Crippen LogP contribution in [0.15, 0.2) is 0 Å². The lowest BCUT2D eigenvalue weighted by Crippen LogP contribution is -2.32. The Hall–Kier alpha value is -1.01. The maximum atomic E-state index is 11.1. The van der Waals surface area contributed by atoms with Crippen LogP contribution in [0.25, 0.3) is 0 Å². The normalized spacial score (nSPS) is 15.2. The van der Waals surface area contributed by atoms with Crippen LogP contribution in [0.2, 0.25) is 0 Å². The van der Waals surface area contributed by atoms with Gasteiger partial charge in [-0.2, -0.15) is 0 Å². The minimum atomic E-state index is 0.192. The minimum absolute atomic E-state index is 0.192. The Balaban J connectivity index is 1.88. The number of carbonyl (C=O) groups is 1. The summed E-state index contributed by atoms with van der Waals surface area (Å²) in [6.45, 7) is 2.00. The van der Waals surface area contributed by atoms with Gasteiger partial charge in [-0.1, -0.05) is 5.92 Å². The summed E-state index contributed by atoms with van der Waals surface area (Å²) in [6.07, 6.45) is 7.15. The van der Waals surface area contributed by atoms with Crippen LogP contribution in [-0.2, 0) is 4.79 Å². The van der Waals surface area contributed by atoms with E-state index in [0.717, 1.165) is 19.4 Å². The summed E-state index contributed by atoms with van der Waals surface area (Å²) in [5.74, 6) is 2.96. The average molecular weight is 166 g/mol. The van der Waals surface area contributed by atoms with Crippen LogP contribution in [-0.4, -0.2) is 25.5 Å². The van der Waals surface area contributed by atoms with Gasteiger partial charge in [0.25, 0.3) is 0 Å². The van der Waals surface area contributed by atoms with Crippen LogP contribution >= 0.6 is 0 Å². The van der Waals surface area contributed by atoms with Crippen LogP contribution in [0, 0.1) is 18.3 Å². The van der Waals surface area contributed by atoms with E-state index in [-0.39, 0.29) is 5.91 Å². The molecule has 0 spiro atoms. The van der Waals surface area contributed by atoms with Gasteiger partial charge in [-0.05, 0) is 12.8 Å². The molecule has 0 aliphatic heterocycles. The van der Waals surface area contributed by atoms with Crippen molar-refractivity contribution < 1.29 is 4.79 Å². The quantitative estimate of drug-likeness (QED) is 0.436. The smallest absolute Gasteiger partial charge is 0.223 e. The van der Waals surface area contributed by atoms with E-state index in [1.165, 1.54) is 0 Å². The van der Waals surface area contributed by atoms with Crippen molar-refractivity contribution in [2.24, 2.45) is 5.92 Å². The fraction of sp³-hybridized carbons (Fsp3) is 0.667. The molecule has 0 unspecified atom stereocenters. The Labute approximate surface area is 72.9 Å². The van der Waals surface area contributed by atoms with E-state index in [1.54, 1.807) is 0 Å². The van der Waals surface area contributed by atoms with Crippen molar-refractivity contribution in [1.82, 2.24) is 10.6 Å². The molecule has 3 nitrogen and oxygen atoms in total. The van der Waals surface area contributed by atoms with Gasteiger partial charge in [-0.3, -0.25) is 4.79 Å². The standard InChI is InChI=1S/C9H14N2O/c1-2-5-10-6-7-11-9(12)8-3-4-8/h1,8,10H,3-7H2,(H,11,12). The molecule has 12 heavy (non-hydrogen) atoms. The first kappa shape index (κ1) is 9.08. The van der Waals surface area contributed by atoms with Crippen LogP contribution < -0.4 is 10.6 Å². The lowest BCUT2D eigenvalue weighted by Gasteiger charge is -2.03. The summed E-state index contributed by atoms with van der Waals surface area (Å²) in [7, 11) is 0. The predicted octanol–water partition coefficient (Wildman–Crippen LogP) is -0.265. The zero-order chi connectivity index (χ0) is 8.81. The lowest BCUT2D eigenvalue weighted by atomic mass is 10.4. The SMILES string of the molecule is C#CCNCCNC(=O)C1CC1. The van der Waals surface area contributed by atoms with Crippen molar-refractivity contribution in [3.05, 3.63) is 0 Å². The maximum Gasteiger partial charge on any atom is 0.223 e. The van der Waals surface area contributed by atoms with E-state index in [9.17, 15) is 4.79 Å². The monoisotopic (exact) mass is 166 g/mol. The van der Waals surface area contributed by atoms with E-state index in [2.05, 4.69) is 16.6 Å². The number of terminal acetylenes is 1. The van der Waals surface area contributed by atoms with Gasteiger partial charge in [-0.15, -0.1) is 6.42 Å². The third-order valence-electron chi connectivity index (χ3n) is 1.78. The molecule has 66 valence electrons. The summed E-state index contributed by atoms with van der Waals surface area (Å²) in [5, 5.41) is 5.83. The van der Waals surface area contributed by atoms with Gasteiger partial charge in [0.05, 0.1) is 6.54 Å². The van der Waals surface area contributed by atoms with Crippen LogP contribution in [0.5, 0.6) is 0 Å². The van der Waals surface area contributed by atoms with Crippen molar-refractivity contribution in [3.63, 3.8) is 0 Å². The number of rotatable bonds is 5. The predicted molar refractivity (Wildman–Crippen MR) is 47.4 cm³/mol. The second-order valence-electron chi connectivity index (χ2n) is 2.95. The summed E-state index contributed by atoms with van der Waals surface area (Å²) in [5.41, 5.74) is 0. The zero-order valence-electron chi connectivity index (χ0n) is 7.10. The molecule has 1 fully saturated rings.